The van der Waals surface area contributed by atoms with Gasteiger partial charge in [0.05, 0.1) is 36.8 Å². The van der Waals surface area contributed by atoms with Crippen LogP contribution in [0.2, 0.25) is 5.02 Å². The lowest BCUT2D eigenvalue weighted by molar-refractivity contribution is 0.405. The Kier molecular flexibility index (Phi) is 4.20. The molecule has 0 atom stereocenters. The zero-order chi connectivity index (χ0) is 14.7. The molecule has 0 aliphatic heterocycles. The van der Waals surface area contributed by atoms with Crippen LogP contribution in [0, 0.1) is 6.92 Å². The molecule has 0 amide bonds. The van der Waals surface area contributed by atoms with Gasteiger partial charge in [-0.15, -0.1) is 0 Å². The van der Waals surface area contributed by atoms with Gasteiger partial charge in [0.2, 0.25) is 0 Å². The largest absolute Gasteiger partial charge is 0.495 e. The molecule has 106 valence electrons. The number of anilines is 3. The van der Waals surface area contributed by atoms with Crippen molar-refractivity contribution in [2.45, 2.75) is 6.92 Å². The van der Waals surface area contributed by atoms with Crippen molar-refractivity contribution < 1.29 is 9.47 Å². The number of pyridine rings is 1. The number of nitrogen functional groups attached to an aromatic ring is 1. The Labute approximate surface area is 122 Å². The van der Waals surface area contributed by atoms with E-state index >= 15 is 0 Å². The molecule has 1 heterocycles. The van der Waals surface area contributed by atoms with Crippen LogP contribution in [-0.4, -0.2) is 19.2 Å². The minimum absolute atomic E-state index is 0.483. The number of aromatic nitrogens is 1. The Hall–Kier alpha value is -2.14. The summed E-state index contributed by atoms with van der Waals surface area (Å²) in [4.78, 5) is 4.22. The Morgan fingerprint density at radius 1 is 1.15 bits per heavy atom. The van der Waals surface area contributed by atoms with Gasteiger partial charge in [-0.1, -0.05) is 11.6 Å². The lowest BCUT2D eigenvalue weighted by Gasteiger charge is -2.14. The molecule has 0 fully saturated rings. The van der Waals surface area contributed by atoms with Crippen molar-refractivity contribution in [2.75, 3.05) is 25.3 Å². The maximum absolute atomic E-state index is 6.06. The van der Waals surface area contributed by atoms with Crippen LogP contribution in [0.1, 0.15) is 5.56 Å². The van der Waals surface area contributed by atoms with E-state index in [9.17, 15) is 0 Å². The SMILES string of the molecule is COc1cc(Nc2cc(C)c(N)cn2)c(OC)cc1Cl. The first kappa shape index (κ1) is 14.3. The Bertz CT molecular complexity index is 632. The monoisotopic (exact) mass is 293 g/mol. The van der Waals surface area contributed by atoms with Gasteiger partial charge in [0.15, 0.2) is 0 Å². The van der Waals surface area contributed by atoms with Crippen LogP contribution in [-0.2, 0) is 0 Å². The fourth-order valence-corrected chi connectivity index (χ4v) is 1.96. The van der Waals surface area contributed by atoms with Gasteiger partial charge in [0, 0.05) is 12.1 Å². The molecule has 2 aromatic rings. The summed E-state index contributed by atoms with van der Waals surface area (Å²) in [7, 11) is 3.13. The van der Waals surface area contributed by atoms with Gasteiger partial charge in [0.1, 0.15) is 17.3 Å². The number of ether oxygens (including phenoxy) is 2. The van der Waals surface area contributed by atoms with Crippen molar-refractivity contribution in [3.8, 4) is 11.5 Å². The lowest BCUT2D eigenvalue weighted by Crippen LogP contribution is -2.00. The van der Waals surface area contributed by atoms with E-state index in [1.807, 2.05) is 13.0 Å². The van der Waals surface area contributed by atoms with Crippen molar-refractivity contribution in [3.63, 3.8) is 0 Å². The molecule has 0 saturated carbocycles. The summed E-state index contributed by atoms with van der Waals surface area (Å²) in [6.07, 6.45) is 1.61. The quantitative estimate of drug-likeness (QED) is 0.904. The number of aryl methyl sites for hydroxylation is 1. The predicted molar refractivity (Wildman–Crippen MR) is 81.2 cm³/mol. The van der Waals surface area contributed by atoms with Crippen molar-refractivity contribution in [1.29, 1.82) is 0 Å². The van der Waals surface area contributed by atoms with Crippen LogP contribution in [0.25, 0.3) is 0 Å². The number of nitrogens with one attached hydrogen (secondary N) is 1. The van der Waals surface area contributed by atoms with E-state index in [1.165, 1.54) is 0 Å². The highest BCUT2D eigenvalue weighted by molar-refractivity contribution is 6.32. The third-order valence-electron chi connectivity index (χ3n) is 2.89. The maximum Gasteiger partial charge on any atom is 0.144 e. The zero-order valence-electron chi connectivity index (χ0n) is 11.5. The zero-order valence-corrected chi connectivity index (χ0v) is 12.3. The molecule has 0 radical (unpaired) electrons. The molecule has 0 spiro atoms. The molecule has 2 rings (SSSR count). The van der Waals surface area contributed by atoms with Gasteiger partial charge in [-0.05, 0) is 18.6 Å². The van der Waals surface area contributed by atoms with Crippen molar-refractivity contribution in [1.82, 2.24) is 4.98 Å². The number of hydrogen-bond donors (Lipinski definition) is 2. The van der Waals surface area contributed by atoms with Crippen molar-refractivity contribution in [2.24, 2.45) is 0 Å². The molecule has 0 saturated heterocycles. The molecule has 6 heteroatoms. The van der Waals surface area contributed by atoms with E-state index in [-0.39, 0.29) is 0 Å². The number of halogens is 1. The van der Waals surface area contributed by atoms with Gasteiger partial charge >= 0.3 is 0 Å². The highest BCUT2D eigenvalue weighted by Gasteiger charge is 2.11. The molecule has 20 heavy (non-hydrogen) atoms. The second-order valence-electron chi connectivity index (χ2n) is 4.24. The second-order valence-corrected chi connectivity index (χ2v) is 4.65. The molecular weight excluding hydrogens is 278 g/mol. The summed E-state index contributed by atoms with van der Waals surface area (Å²) < 4.78 is 10.5. The standard InChI is InChI=1S/C14H16ClN3O2/c1-8-4-14(17-7-10(8)16)18-11-6-12(19-2)9(15)5-13(11)20-3/h4-7H,16H2,1-3H3,(H,17,18). The average Bonchev–Trinajstić information content (AvgIpc) is 2.44. The molecule has 3 N–H and O–H groups in total. The first-order valence-corrected chi connectivity index (χ1v) is 6.33. The summed E-state index contributed by atoms with van der Waals surface area (Å²) in [5.74, 6) is 1.83. The molecule has 0 unspecified atom stereocenters. The molecule has 0 aliphatic carbocycles. The molecule has 0 aliphatic rings. The van der Waals surface area contributed by atoms with Crippen LogP contribution in [0.5, 0.6) is 11.5 Å². The fraction of sp³-hybridized carbons (Fsp3) is 0.214. The molecule has 0 bridgehead atoms. The smallest absolute Gasteiger partial charge is 0.144 e. The first-order chi connectivity index (χ1) is 9.55. The summed E-state index contributed by atoms with van der Waals surface area (Å²) in [6, 6.07) is 5.30. The highest BCUT2D eigenvalue weighted by atomic mass is 35.5. The predicted octanol–water partition coefficient (Wildman–Crippen LogP) is 3.39. The van der Waals surface area contributed by atoms with Crippen LogP contribution in [0.15, 0.2) is 24.4 Å². The van der Waals surface area contributed by atoms with Crippen LogP contribution in [0.4, 0.5) is 17.2 Å². The van der Waals surface area contributed by atoms with Crippen molar-refractivity contribution >= 4 is 28.8 Å². The molecular formula is C14H16ClN3O2. The topological polar surface area (TPSA) is 69.4 Å². The average molecular weight is 294 g/mol. The first-order valence-electron chi connectivity index (χ1n) is 5.95. The second kappa shape index (κ2) is 5.88. The summed E-state index contributed by atoms with van der Waals surface area (Å²) >= 11 is 6.06. The van der Waals surface area contributed by atoms with Crippen LogP contribution < -0.4 is 20.5 Å². The number of nitrogens with two attached hydrogens (primary N) is 1. The van der Waals surface area contributed by atoms with Gasteiger partial charge < -0.3 is 20.5 Å². The lowest BCUT2D eigenvalue weighted by atomic mass is 10.2. The Morgan fingerprint density at radius 2 is 1.85 bits per heavy atom. The number of benzene rings is 1. The van der Waals surface area contributed by atoms with E-state index in [2.05, 4.69) is 10.3 Å². The van der Waals surface area contributed by atoms with Crippen LogP contribution >= 0.6 is 11.6 Å². The summed E-state index contributed by atoms with van der Waals surface area (Å²) in [5, 5.41) is 3.65. The summed E-state index contributed by atoms with van der Waals surface area (Å²) in [5.41, 5.74) is 8.06. The van der Waals surface area contributed by atoms with Gasteiger partial charge in [-0.3, -0.25) is 0 Å². The molecule has 1 aromatic carbocycles. The van der Waals surface area contributed by atoms with Gasteiger partial charge in [-0.2, -0.15) is 0 Å². The summed E-state index contributed by atoms with van der Waals surface area (Å²) in [6.45, 7) is 1.92. The highest BCUT2D eigenvalue weighted by Crippen LogP contribution is 2.37. The number of hydrogen-bond acceptors (Lipinski definition) is 5. The fourth-order valence-electron chi connectivity index (χ4n) is 1.73. The van der Waals surface area contributed by atoms with Crippen LogP contribution in [0.3, 0.4) is 0 Å². The minimum atomic E-state index is 0.483. The molecule has 5 nitrogen and oxygen atoms in total. The van der Waals surface area contributed by atoms with Gasteiger partial charge in [0.25, 0.3) is 0 Å². The van der Waals surface area contributed by atoms with E-state index < -0.39 is 0 Å². The van der Waals surface area contributed by atoms with Gasteiger partial charge in [-0.25, -0.2) is 4.98 Å². The third-order valence-corrected chi connectivity index (χ3v) is 3.18. The molecule has 1 aromatic heterocycles. The number of methoxy groups -OCH3 is 2. The number of nitrogens with zero attached hydrogens (tertiary/aromatic N) is 1. The van der Waals surface area contributed by atoms with E-state index in [4.69, 9.17) is 26.8 Å². The number of rotatable bonds is 4. The van der Waals surface area contributed by atoms with E-state index in [1.54, 1.807) is 32.5 Å². The minimum Gasteiger partial charge on any atom is -0.495 e. The normalized spacial score (nSPS) is 10.2. The van der Waals surface area contributed by atoms with E-state index in [0.29, 0.717) is 33.7 Å². The van der Waals surface area contributed by atoms with Crippen molar-refractivity contribution in [3.05, 3.63) is 35.0 Å². The third kappa shape index (κ3) is 2.88. The Balaban J connectivity index is 2.38. The van der Waals surface area contributed by atoms with E-state index in [0.717, 1.165) is 5.56 Å². The Morgan fingerprint density at radius 3 is 2.45 bits per heavy atom. The maximum atomic E-state index is 6.06.